The number of nitrogens with one attached hydrogen (secondary N) is 2. The third kappa shape index (κ3) is 4.95. The number of hydrogen-bond donors (Lipinski definition) is 3. The Morgan fingerprint density at radius 3 is 2.38 bits per heavy atom. The number of rotatable bonds is 6. The number of benzene rings is 2. The van der Waals surface area contributed by atoms with E-state index in [2.05, 4.69) is 10.6 Å². The molecule has 0 radical (unpaired) electrons. The quantitative estimate of drug-likeness (QED) is 0.711. The Morgan fingerprint density at radius 1 is 1.04 bits per heavy atom. The second-order valence-corrected chi connectivity index (χ2v) is 5.32. The van der Waals surface area contributed by atoms with Crippen LogP contribution in [-0.4, -0.2) is 28.9 Å². The van der Waals surface area contributed by atoms with Crippen molar-refractivity contribution in [1.29, 1.82) is 0 Å². The molecule has 2 aromatic rings. The molecule has 2 rings (SSSR count). The largest absolute Gasteiger partial charge is 0.480 e. The Labute approximate surface area is 139 Å². The second kappa shape index (κ2) is 7.92. The number of carbonyl (C=O) groups excluding carboxylic acids is 2. The van der Waals surface area contributed by atoms with Crippen molar-refractivity contribution >= 4 is 23.5 Å². The van der Waals surface area contributed by atoms with Crippen LogP contribution in [0.25, 0.3) is 0 Å². The van der Waals surface area contributed by atoms with Gasteiger partial charge in [0.25, 0.3) is 0 Å². The zero-order valence-corrected chi connectivity index (χ0v) is 13.2. The molecule has 0 spiro atoms. The molecule has 124 valence electrons. The summed E-state index contributed by atoms with van der Waals surface area (Å²) < 4.78 is 0. The molecular formula is C18H18N2O4. The fraction of sp³-hybridized carbons (Fsp3) is 0.167. The molecular weight excluding hydrogens is 308 g/mol. The van der Waals surface area contributed by atoms with Crippen LogP contribution in [0.4, 0.5) is 10.5 Å². The number of ketones is 1. The zero-order chi connectivity index (χ0) is 17.5. The second-order valence-electron chi connectivity index (χ2n) is 5.32. The first-order valence-electron chi connectivity index (χ1n) is 7.41. The van der Waals surface area contributed by atoms with Gasteiger partial charge in [0.2, 0.25) is 0 Å². The van der Waals surface area contributed by atoms with Gasteiger partial charge in [-0.3, -0.25) is 4.79 Å². The molecule has 0 aliphatic carbocycles. The zero-order valence-electron chi connectivity index (χ0n) is 13.2. The van der Waals surface area contributed by atoms with E-state index in [1.165, 1.54) is 13.0 Å². The molecule has 0 aromatic heterocycles. The molecule has 0 unspecified atom stereocenters. The monoisotopic (exact) mass is 326 g/mol. The van der Waals surface area contributed by atoms with Crippen LogP contribution >= 0.6 is 0 Å². The van der Waals surface area contributed by atoms with Gasteiger partial charge in [-0.15, -0.1) is 0 Å². The maximum Gasteiger partial charge on any atom is 0.326 e. The number of amides is 2. The Bertz CT molecular complexity index is 744. The summed E-state index contributed by atoms with van der Waals surface area (Å²) in [4.78, 5) is 34.7. The number of anilines is 1. The molecule has 2 aromatic carbocycles. The average Bonchev–Trinajstić information content (AvgIpc) is 2.55. The number of carbonyl (C=O) groups is 3. The predicted octanol–water partition coefficient (Wildman–Crippen LogP) is 2.71. The van der Waals surface area contributed by atoms with Gasteiger partial charge in [-0.05, 0) is 24.6 Å². The minimum absolute atomic E-state index is 0.119. The fourth-order valence-corrected chi connectivity index (χ4v) is 2.19. The lowest BCUT2D eigenvalue weighted by molar-refractivity contribution is -0.139. The molecule has 2 amide bonds. The summed E-state index contributed by atoms with van der Waals surface area (Å²) in [5, 5.41) is 14.2. The number of aliphatic carboxylic acids is 1. The minimum Gasteiger partial charge on any atom is -0.480 e. The molecule has 3 N–H and O–H groups in total. The lowest BCUT2D eigenvalue weighted by atomic mass is 10.1. The Morgan fingerprint density at radius 2 is 1.75 bits per heavy atom. The van der Waals surface area contributed by atoms with Crippen molar-refractivity contribution in [1.82, 2.24) is 5.32 Å². The molecule has 0 saturated heterocycles. The highest BCUT2D eigenvalue weighted by atomic mass is 16.4. The van der Waals surface area contributed by atoms with Crippen LogP contribution in [0.1, 0.15) is 22.8 Å². The van der Waals surface area contributed by atoms with Crippen molar-refractivity contribution < 1.29 is 19.5 Å². The number of Topliss-reactive ketones (excluding diaryl/α,β-unsaturated/α-hetero) is 1. The SMILES string of the molecule is CC(=O)c1cccc(NC(=O)N[C@@H](Cc2ccccc2)C(=O)O)c1. The molecule has 0 heterocycles. The van der Waals surface area contributed by atoms with Gasteiger partial charge >= 0.3 is 12.0 Å². The van der Waals surface area contributed by atoms with Crippen molar-refractivity contribution in [2.45, 2.75) is 19.4 Å². The maximum absolute atomic E-state index is 12.0. The number of carboxylic acid groups (broad SMARTS) is 1. The molecule has 0 aliphatic rings. The van der Waals surface area contributed by atoms with E-state index >= 15 is 0 Å². The van der Waals surface area contributed by atoms with Gasteiger partial charge in [0.15, 0.2) is 5.78 Å². The van der Waals surface area contributed by atoms with Crippen molar-refractivity contribution in [2.24, 2.45) is 0 Å². The number of carboxylic acids is 1. The van der Waals surface area contributed by atoms with Gasteiger partial charge in [0.1, 0.15) is 6.04 Å². The highest BCUT2D eigenvalue weighted by molar-refractivity contribution is 5.97. The number of hydrogen-bond acceptors (Lipinski definition) is 3. The van der Waals surface area contributed by atoms with E-state index in [-0.39, 0.29) is 12.2 Å². The summed E-state index contributed by atoms with van der Waals surface area (Å²) in [6, 6.07) is 13.8. The van der Waals surface area contributed by atoms with Gasteiger partial charge in [0.05, 0.1) is 0 Å². The Balaban J connectivity index is 2.02. The predicted molar refractivity (Wildman–Crippen MR) is 90.2 cm³/mol. The summed E-state index contributed by atoms with van der Waals surface area (Å²) in [6.45, 7) is 1.43. The number of urea groups is 1. The van der Waals surface area contributed by atoms with Gasteiger partial charge in [-0.25, -0.2) is 9.59 Å². The van der Waals surface area contributed by atoms with Crippen LogP contribution in [0, 0.1) is 0 Å². The van der Waals surface area contributed by atoms with Gasteiger partial charge in [0, 0.05) is 17.7 Å². The lowest BCUT2D eigenvalue weighted by Crippen LogP contribution is -2.44. The van der Waals surface area contributed by atoms with E-state index < -0.39 is 18.0 Å². The van der Waals surface area contributed by atoms with Crippen molar-refractivity contribution in [3.8, 4) is 0 Å². The van der Waals surface area contributed by atoms with Gasteiger partial charge in [-0.2, -0.15) is 0 Å². The smallest absolute Gasteiger partial charge is 0.326 e. The summed E-state index contributed by atoms with van der Waals surface area (Å²) >= 11 is 0. The summed E-state index contributed by atoms with van der Waals surface area (Å²) in [5.74, 6) is -1.24. The van der Waals surface area contributed by atoms with Crippen LogP contribution in [0.15, 0.2) is 54.6 Å². The third-order valence-corrected chi connectivity index (χ3v) is 3.41. The van der Waals surface area contributed by atoms with Crippen LogP contribution in [0.3, 0.4) is 0 Å². The minimum atomic E-state index is -1.12. The van der Waals surface area contributed by atoms with E-state index in [0.717, 1.165) is 5.56 Å². The first-order chi connectivity index (χ1) is 11.5. The van der Waals surface area contributed by atoms with E-state index in [9.17, 15) is 19.5 Å². The maximum atomic E-state index is 12.0. The van der Waals surface area contributed by atoms with Crippen molar-refractivity contribution in [3.05, 3.63) is 65.7 Å². The molecule has 0 fully saturated rings. The fourth-order valence-electron chi connectivity index (χ4n) is 2.19. The first-order valence-corrected chi connectivity index (χ1v) is 7.41. The Hall–Kier alpha value is -3.15. The summed E-state index contributed by atoms with van der Waals surface area (Å²) in [7, 11) is 0. The summed E-state index contributed by atoms with van der Waals surface area (Å²) in [5.41, 5.74) is 1.69. The molecule has 0 bridgehead atoms. The normalized spacial score (nSPS) is 11.4. The topological polar surface area (TPSA) is 95.5 Å². The molecule has 1 atom stereocenters. The molecule has 6 nitrogen and oxygen atoms in total. The van der Waals surface area contributed by atoms with Crippen LogP contribution < -0.4 is 10.6 Å². The lowest BCUT2D eigenvalue weighted by Gasteiger charge is -2.15. The summed E-state index contributed by atoms with van der Waals surface area (Å²) in [6.07, 6.45) is 0.178. The first kappa shape index (κ1) is 17.2. The van der Waals surface area contributed by atoms with Crippen LogP contribution in [-0.2, 0) is 11.2 Å². The van der Waals surface area contributed by atoms with Crippen LogP contribution in [0.2, 0.25) is 0 Å². The third-order valence-electron chi connectivity index (χ3n) is 3.41. The molecule has 6 heteroatoms. The standard InChI is InChI=1S/C18H18N2O4/c1-12(21)14-8-5-9-15(11-14)19-18(24)20-16(17(22)23)10-13-6-3-2-4-7-13/h2-9,11,16H,10H2,1H3,(H,22,23)(H2,19,20,24)/t16-/m0/s1. The van der Waals surface area contributed by atoms with Gasteiger partial charge < -0.3 is 15.7 Å². The molecule has 24 heavy (non-hydrogen) atoms. The highest BCUT2D eigenvalue weighted by Crippen LogP contribution is 2.11. The molecule has 0 aliphatic heterocycles. The van der Waals surface area contributed by atoms with E-state index in [0.29, 0.717) is 11.3 Å². The van der Waals surface area contributed by atoms with Crippen molar-refractivity contribution in [2.75, 3.05) is 5.32 Å². The molecule has 0 saturated carbocycles. The van der Waals surface area contributed by atoms with Crippen LogP contribution in [0.5, 0.6) is 0 Å². The average molecular weight is 326 g/mol. The highest BCUT2D eigenvalue weighted by Gasteiger charge is 2.20. The Kier molecular flexibility index (Phi) is 5.68. The van der Waals surface area contributed by atoms with E-state index in [1.807, 2.05) is 18.2 Å². The van der Waals surface area contributed by atoms with E-state index in [4.69, 9.17) is 0 Å². The van der Waals surface area contributed by atoms with Gasteiger partial charge in [-0.1, -0.05) is 42.5 Å². The van der Waals surface area contributed by atoms with Crippen molar-refractivity contribution in [3.63, 3.8) is 0 Å². The van der Waals surface area contributed by atoms with E-state index in [1.54, 1.807) is 30.3 Å².